The SMILES string of the molecule is COc1ccc(S(=O)(=O)N2CCCC(C(=O)Nc3ccc4c(c3)C(=O)c3ccccc3C4=O)C2)cc1. The van der Waals surface area contributed by atoms with Gasteiger partial charge in [0.05, 0.1) is 17.9 Å². The number of carbonyl (C=O) groups excluding carboxylic acids is 3. The second kappa shape index (κ2) is 9.33. The molecule has 8 nitrogen and oxygen atoms in total. The van der Waals surface area contributed by atoms with Crippen molar-refractivity contribution in [3.8, 4) is 5.75 Å². The standard InChI is InChI=1S/C27H24N2O6S/c1-35-19-9-11-20(12-10-19)36(33,34)29-14-4-5-17(16-29)27(32)28-18-8-13-23-24(15-18)26(31)22-7-3-2-6-21(22)25(23)30/h2-3,6-13,15,17H,4-5,14,16H2,1H3,(H,28,32). The number of carbonyl (C=O) groups is 3. The molecule has 9 heteroatoms. The van der Waals surface area contributed by atoms with E-state index in [2.05, 4.69) is 5.32 Å². The summed E-state index contributed by atoms with van der Waals surface area (Å²) in [6.45, 7) is 0.378. The number of benzene rings is 3. The lowest BCUT2D eigenvalue weighted by atomic mass is 9.84. The highest BCUT2D eigenvalue weighted by atomic mass is 32.2. The van der Waals surface area contributed by atoms with Crippen molar-refractivity contribution in [1.82, 2.24) is 4.31 Å². The lowest BCUT2D eigenvalue weighted by Crippen LogP contribution is -2.43. The lowest BCUT2D eigenvalue weighted by molar-refractivity contribution is -0.120. The summed E-state index contributed by atoms with van der Waals surface area (Å²) in [5, 5.41) is 2.81. The zero-order chi connectivity index (χ0) is 25.4. The fourth-order valence-corrected chi connectivity index (χ4v) is 6.22. The molecule has 2 aliphatic rings. The van der Waals surface area contributed by atoms with Gasteiger partial charge in [0.1, 0.15) is 5.75 Å². The van der Waals surface area contributed by atoms with Crippen LogP contribution in [-0.4, -0.2) is 50.4 Å². The highest BCUT2D eigenvalue weighted by Crippen LogP contribution is 2.30. The minimum atomic E-state index is -3.76. The van der Waals surface area contributed by atoms with E-state index in [9.17, 15) is 22.8 Å². The van der Waals surface area contributed by atoms with Crippen molar-refractivity contribution in [2.45, 2.75) is 17.7 Å². The van der Waals surface area contributed by atoms with Crippen LogP contribution in [0.25, 0.3) is 0 Å². The average molecular weight is 505 g/mol. The third-order valence-corrected chi connectivity index (χ3v) is 8.52. The first-order valence-corrected chi connectivity index (χ1v) is 13.0. The van der Waals surface area contributed by atoms with E-state index in [-0.39, 0.29) is 34.5 Å². The summed E-state index contributed by atoms with van der Waals surface area (Å²) in [7, 11) is -2.26. The molecule has 1 saturated heterocycles. The molecule has 1 N–H and O–H groups in total. The number of hydrogen-bond acceptors (Lipinski definition) is 6. The number of anilines is 1. The number of hydrogen-bond donors (Lipinski definition) is 1. The molecule has 1 fully saturated rings. The maximum atomic E-state index is 13.1. The third-order valence-electron chi connectivity index (χ3n) is 6.64. The Balaban J connectivity index is 1.32. The molecule has 1 unspecified atom stereocenters. The van der Waals surface area contributed by atoms with E-state index in [0.717, 1.165) is 0 Å². The lowest BCUT2D eigenvalue weighted by Gasteiger charge is -2.31. The van der Waals surface area contributed by atoms with E-state index < -0.39 is 15.9 Å². The van der Waals surface area contributed by atoms with Gasteiger partial charge in [-0.3, -0.25) is 14.4 Å². The molecule has 0 bridgehead atoms. The molecule has 1 heterocycles. The van der Waals surface area contributed by atoms with E-state index in [1.165, 1.54) is 29.6 Å². The van der Waals surface area contributed by atoms with Gasteiger partial charge in [0.15, 0.2) is 11.6 Å². The number of piperidine rings is 1. The highest BCUT2D eigenvalue weighted by Gasteiger charge is 2.34. The Labute approximate surface area is 208 Å². The van der Waals surface area contributed by atoms with Gasteiger partial charge in [0.2, 0.25) is 15.9 Å². The second-order valence-corrected chi connectivity index (χ2v) is 10.8. The van der Waals surface area contributed by atoms with Crippen molar-refractivity contribution in [1.29, 1.82) is 0 Å². The van der Waals surface area contributed by atoms with E-state index in [4.69, 9.17) is 4.74 Å². The molecule has 184 valence electrons. The highest BCUT2D eigenvalue weighted by molar-refractivity contribution is 7.89. The normalized spacial score (nSPS) is 17.8. The number of nitrogens with one attached hydrogen (secondary N) is 1. The Kier molecular flexibility index (Phi) is 6.19. The van der Waals surface area contributed by atoms with E-state index in [1.807, 2.05) is 0 Å². The van der Waals surface area contributed by atoms with Crippen LogP contribution in [0, 0.1) is 5.92 Å². The van der Waals surface area contributed by atoms with Gasteiger partial charge in [-0.05, 0) is 55.3 Å². The number of ether oxygens (including phenoxy) is 1. The molecule has 5 rings (SSSR count). The van der Waals surface area contributed by atoms with Crippen LogP contribution in [0.3, 0.4) is 0 Å². The van der Waals surface area contributed by atoms with Crippen molar-refractivity contribution in [2.24, 2.45) is 5.92 Å². The number of fused-ring (bicyclic) bond motifs is 2. The zero-order valence-electron chi connectivity index (χ0n) is 19.6. The fraction of sp³-hybridized carbons (Fsp3) is 0.222. The predicted octanol–water partition coefficient (Wildman–Crippen LogP) is 3.51. The summed E-state index contributed by atoms with van der Waals surface area (Å²) >= 11 is 0. The molecular formula is C27H24N2O6S. The number of nitrogens with zero attached hydrogens (tertiary/aromatic N) is 1. The number of amides is 1. The fourth-order valence-electron chi connectivity index (χ4n) is 4.69. The van der Waals surface area contributed by atoms with Crippen molar-refractivity contribution >= 4 is 33.2 Å². The molecule has 36 heavy (non-hydrogen) atoms. The monoisotopic (exact) mass is 504 g/mol. The first-order valence-electron chi connectivity index (χ1n) is 11.6. The van der Waals surface area contributed by atoms with Gasteiger partial charge < -0.3 is 10.1 Å². The van der Waals surface area contributed by atoms with Gasteiger partial charge >= 0.3 is 0 Å². The van der Waals surface area contributed by atoms with Crippen molar-refractivity contribution < 1.29 is 27.5 Å². The van der Waals surface area contributed by atoms with Crippen molar-refractivity contribution in [2.75, 3.05) is 25.5 Å². The number of ketones is 2. The quantitative estimate of drug-likeness (QED) is 0.445. The molecular weight excluding hydrogens is 480 g/mol. The molecule has 3 aromatic rings. The van der Waals surface area contributed by atoms with Crippen LogP contribution >= 0.6 is 0 Å². The Hall–Kier alpha value is -3.82. The van der Waals surface area contributed by atoms with Gasteiger partial charge in [-0.25, -0.2) is 8.42 Å². The van der Waals surface area contributed by atoms with Gasteiger partial charge in [-0.2, -0.15) is 4.31 Å². The zero-order valence-corrected chi connectivity index (χ0v) is 20.4. The summed E-state index contributed by atoms with van der Waals surface area (Å²) < 4.78 is 32.7. The van der Waals surface area contributed by atoms with Gasteiger partial charge in [-0.1, -0.05) is 24.3 Å². The van der Waals surface area contributed by atoms with Gasteiger partial charge in [0.25, 0.3) is 0 Å². The molecule has 1 amide bonds. The Morgan fingerprint density at radius 3 is 2.22 bits per heavy atom. The topological polar surface area (TPSA) is 110 Å². The first-order chi connectivity index (χ1) is 17.3. The second-order valence-electron chi connectivity index (χ2n) is 8.83. The molecule has 0 radical (unpaired) electrons. The smallest absolute Gasteiger partial charge is 0.243 e. The van der Waals surface area contributed by atoms with Crippen LogP contribution in [0.5, 0.6) is 5.75 Å². The first kappa shape index (κ1) is 23.9. The number of sulfonamides is 1. The summed E-state index contributed by atoms with van der Waals surface area (Å²) in [5.74, 6) is -0.838. The summed E-state index contributed by atoms with van der Waals surface area (Å²) in [6.07, 6.45) is 1.08. The van der Waals surface area contributed by atoms with Crippen LogP contribution in [-0.2, 0) is 14.8 Å². The van der Waals surface area contributed by atoms with Crippen molar-refractivity contribution in [3.05, 3.63) is 89.0 Å². The van der Waals surface area contributed by atoms with E-state index >= 15 is 0 Å². The molecule has 0 aromatic heterocycles. The van der Waals surface area contributed by atoms with Gasteiger partial charge in [-0.15, -0.1) is 0 Å². The third kappa shape index (κ3) is 4.20. The maximum Gasteiger partial charge on any atom is 0.243 e. The number of methoxy groups -OCH3 is 1. The number of rotatable bonds is 5. The molecule has 0 saturated carbocycles. The molecule has 1 atom stereocenters. The van der Waals surface area contributed by atoms with Crippen LogP contribution < -0.4 is 10.1 Å². The molecule has 1 aliphatic carbocycles. The Bertz CT molecular complexity index is 1480. The Morgan fingerprint density at radius 1 is 0.917 bits per heavy atom. The Morgan fingerprint density at radius 2 is 1.56 bits per heavy atom. The van der Waals surface area contributed by atoms with E-state index in [0.29, 0.717) is 47.5 Å². The average Bonchev–Trinajstić information content (AvgIpc) is 2.91. The summed E-state index contributed by atoms with van der Waals surface area (Å²) in [6, 6.07) is 17.4. The van der Waals surface area contributed by atoms with Crippen LogP contribution in [0.2, 0.25) is 0 Å². The minimum absolute atomic E-state index is 0.0515. The summed E-state index contributed by atoms with van der Waals surface area (Å²) in [4.78, 5) is 39.0. The molecule has 3 aromatic carbocycles. The molecule has 0 spiro atoms. The van der Waals surface area contributed by atoms with Crippen LogP contribution in [0.15, 0.2) is 71.6 Å². The maximum absolute atomic E-state index is 13.1. The molecule has 1 aliphatic heterocycles. The largest absolute Gasteiger partial charge is 0.497 e. The van der Waals surface area contributed by atoms with E-state index in [1.54, 1.807) is 48.5 Å². The van der Waals surface area contributed by atoms with Crippen molar-refractivity contribution in [3.63, 3.8) is 0 Å². The van der Waals surface area contributed by atoms with Crippen LogP contribution in [0.4, 0.5) is 5.69 Å². The summed E-state index contributed by atoms with van der Waals surface area (Å²) in [5.41, 5.74) is 1.63. The van der Waals surface area contributed by atoms with Crippen LogP contribution in [0.1, 0.15) is 44.7 Å². The predicted molar refractivity (Wildman–Crippen MR) is 133 cm³/mol. The van der Waals surface area contributed by atoms with Gasteiger partial charge in [0, 0.05) is 41.0 Å². The minimum Gasteiger partial charge on any atom is -0.497 e.